The molecule has 118 valence electrons. The van der Waals surface area contributed by atoms with Gasteiger partial charge in [0.2, 0.25) is 0 Å². The number of unbranched alkanes of at least 4 members (excludes halogenated alkanes) is 9. The van der Waals surface area contributed by atoms with Crippen LogP contribution in [0, 0.1) is 0 Å². The molecule has 2 nitrogen and oxygen atoms in total. The fourth-order valence-electron chi connectivity index (χ4n) is 2.28. The number of rotatable bonds is 13. The van der Waals surface area contributed by atoms with Gasteiger partial charge in [-0.2, -0.15) is 0 Å². The van der Waals surface area contributed by atoms with Crippen molar-refractivity contribution >= 4 is 5.78 Å². The molecule has 0 heterocycles. The second-order valence-corrected chi connectivity index (χ2v) is 5.91. The van der Waals surface area contributed by atoms with Gasteiger partial charge in [0.15, 0.2) is 5.78 Å². The molecule has 0 rings (SSSR count). The third-order valence-corrected chi connectivity index (χ3v) is 4.01. The van der Waals surface area contributed by atoms with Gasteiger partial charge in [-0.3, -0.25) is 4.79 Å². The summed E-state index contributed by atoms with van der Waals surface area (Å²) in [5.41, 5.74) is 1.89. The molecular weight excluding hydrogens is 246 g/mol. The van der Waals surface area contributed by atoms with Crippen molar-refractivity contribution in [3.8, 4) is 0 Å². The highest BCUT2D eigenvalue weighted by Crippen LogP contribution is 2.10. The molecule has 0 spiro atoms. The van der Waals surface area contributed by atoms with E-state index in [0.29, 0.717) is 0 Å². The molecule has 0 aromatic heterocycles. The van der Waals surface area contributed by atoms with Crippen LogP contribution >= 0.6 is 0 Å². The fourth-order valence-corrected chi connectivity index (χ4v) is 2.28. The molecule has 2 heteroatoms. The molecule has 20 heavy (non-hydrogen) atoms. The van der Waals surface area contributed by atoms with Crippen LogP contribution in [-0.2, 0) is 4.79 Å². The summed E-state index contributed by atoms with van der Waals surface area (Å²) < 4.78 is 0. The smallest absolute Gasteiger partial charge is 0.157 e. The number of hydrogen-bond acceptors (Lipinski definition) is 2. The van der Waals surface area contributed by atoms with E-state index >= 15 is 0 Å². The predicted molar refractivity (Wildman–Crippen MR) is 88.9 cm³/mol. The maximum Gasteiger partial charge on any atom is 0.157 e. The minimum Gasteiger partial charge on any atom is -0.388 e. The molecule has 0 radical (unpaired) electrons. The van der Waals surface area contributed by atoms with Crippen molar-refractivity contribution in [3.63, 3.8) is 0 Å². The third-order valence-electron chi connectivity index (χ3n) is 4.01. The Morgan fingerprint density at radius 3 is 1.65 bits per heavy atom. The van der Waals surface area contributed by atoms with E-state index < -0.39 is 0 Å². The van der Waals surface area contributed by atoms with Crippen molar-refractivity contribution in [3.05, 3.63) is 11.3 Å². The van der Waals surface area contributed by atoms with E-state index in [4.69, 9.17) is 0 Å². The van der Waals surface area contributed by atoms with Crippen LogP contribution in [0.2, 0.25) is 0 Å². The fraction of sp³-hybridized carbons (Fsp3) is 0.833. The van der Waals surface area contributed by atoms with Gasteiger partial charge in [-0.1, -0.05) is 64.7 Å². The van der Waals surface area contributed by atoms with Gasteiger partial charge in [0.25, 0.3) is 0 Å². The average molecular weight is 281 g/mol. The average Bonchev–Trinajstić information content (AvgIpc) is 2.43. The van der Waals surface area contributed by atoms with E-state index in [-0.39, 0.29) is 5.78 Å². The summed E-state index contributed by atoms with van der Waals surface area (Å²) in [4.78, 5) is 11.2. The molecule has 0 saturated heterocycles. The first kappa shape index (κ1) is 19.2. The Bertz CT molecular complexity index is 281. The molecule has 1 N–H and O–H groups in total. The number of Topliss-reactive ketones (excluding diaryl/α,β-unsaturated/α-hetero) is 1. The molecule has 0 aliphatic heterocycles. The quantitative estimate of drug-likeness (QED) is 0.363. The van der Waals surface area contributed by atoms with E-state index in [0.717, 1.165) is 17.8 Å². The second-order valence-electron chi connectivity index (χ2n) is 5.91. The highest BCUT2D eigenvalue weighted by atomic mass is 16.1. The normalized spacial score (nSPS) is 12.2. The highest BCUT2D eigenvalue weighted by molar-refractivity contribution is 5.93. The lowest BCUT2D eigenvalue weighted by Crippen LogP contribution is -2.16. The van der Waals surface area contributed by atoms with E-state index in [1.54, 1.807) is 6.92 Å². The molecule has 0 fully saturated rings. The summed E-state index contributed by atoms with van der Waals surface area (Å²) in [5.74, 6) is 0.165. The van der Waals surface area contributed by atoms with Crippen molar-refractivity contribution in [2.24, 2.45) is 0 Å². The zero-order valence-corrected chi connectivity index (χ0v) is 14.2. The van der Waals surface area contributed by atoms with Crippen LogP contribution in [0.1, 0.15) is 91.9 Å². The number of hydrogen-bond donors (Lipinski definition) is 1. The van der Waals surface area contributed by atoms with Crippen LogP contribution in [0.4, 0.5) is 0 Å². The van der Waals surface area contributed by atoms with E-state index in [2.05, 4.69) is 12.2 Å². The Labute approximate surface area is 126 Å². The summed E-state index contributed by atoms with van der Waals surface area (Å²) in [7, 11) is 0. The Kier molecular flexibility index (Phi) is 12.7. The largest absolute Gasteiger partial charge is 0.388 e. The molecule has 0 aliphatic rings. The van der Waals surface area contributed by atoms with Crippen LogP contribution in [-0.4, -0.2) is 12.3 Å². The van der Waals surface area contributed by atoms with Gasteiger partial charge in [0.05, 0.1) is 0 Å². The monoisotopic (exact) mass is 281 g/mol. The lowest BCUT2D eigenvalue weighted by Gasteiger charge is -2.09. The molecule has 0 unspecified atom stereocenters. The number of nitrogens with one attached hydrogen (secondary N) is 1. The molecule has 0 saturated carbocycles. The Hall–Kier alpha value is -0.790. The maximum absolute atomic E-state index is 11.2. The van der Waals surface area contributed by atoms with Gasteiger partial charge in [-0.05, 0) is 27.2 Å². The number of carbonyl (C=O) groups excluding carboxylic acids is 1. The van der Waals surface area contributed by atoms with Gasteiger partial charge >= 0.3 is 0 Å². The van der Waals surface area contributed by atoms with E-state index in [1.165, 1.54) is 64.2 Å². The lowest BCUT2D eigenvalue weighted by atomic mass is 10.1. The number of ketones is 1. The first-order valence-electron chi connectivity index (χ1n) is 8.51. The summed E-state index contributed by atoms with van der Waals surface area (Å²) in [6, 6.07) is 0. The Morgan fingerprint density at radius 1 is 0.750 bits per heavy atom. The van der Waals surface area contributed by atoms with Crippen molar-refractivity contribution in [1.82, 2.24) is 5.32 Å². The van der Waals surface area contributed by atoms with Crippen LogP contribution in [0.5, 0.6) is 0 Å². The topological polar surface area (TPSA) is 29.1 Å². The second kappa shape index (κ2) is 13.2. The molecule has 0 atom stereocenters. The third kappa shape index (κ3) is 11.1. The van der Waals surface area contributed by atoms with Gasteiger partial charge in [-0.15, -0.1) is 0 Å². The van der Waals surface area contributed by atoms with Crippen molar-refractivity contribution in [2.45, 2.75) is 91.9 Å². The van der Waals surface area contributed by atoms with Crippen LogP contribution in [0.15, 0.2) is 11.3 Å². The highest BCUT2D eigenvalue weighted by Gasteiger charge is 2.01. The van der Waals surface area contributed by atoms with Gasteiger partial charge < -0.3 is 5.32 Å². The minimum atomic E-state index is 0.165. The van der Waals surface area contributed by atoms with Crippen molar-refractivity contribution in [2.75, 3.05) is 6.54 Å². The Morgan fingerprint density at radius 2 is 1.20 bits per heavy atom. The van der Waals surface area contributed by atoms with Crippen LogP contribution in [0.3, 0.4) is 0 Å². The van der Waals surface area contributed by atoms with Crippen LogP contribution < -0.4 is 5.32 Å². The zero-order chi connectivity index (χ0) is 15.2. The van der Waals surface area contributed by atoms with E-state index in [9.17, 15) is 4.79 Å². The summed E-state index contributed by atoms with van der Waals surface area (Å²) in [6.07, 6.45) is 13.6. The SMILES string of the molecule is CCCCCCCCCCCCNC(C)=C(C)C(C)=O. The summed E-state index contributed by atoms with van der Waals surface area (Å²) in [6.45, 7) is 8.77. The number of carbonyl (C=O) groups is 1. The molecule has 0 aromatic rings. The number of allylic oxidation sites excluding steroid dienone is 2. The first-order chi connectivity index (χ1) is 9.59. The predicted octanol–water partition coefficient (Wildman–Crippen LogP) is 5.38. The zero-order valence-electron chi connectivity index (χ0n) is 14.2. The summed E-state index contributed by atoms with van der Waals surface area (Å²) in [5, 5.41) is 3.35. The van der Waals surface area contributed by atoms with Crippen LogP contribution in [0.25, 0.3) is 0 Å². The standard InChI is InChI=1S/C18H35NO/c1-5-6-7-8-9-10-11-12-13-14-15-19-17(3)16(2)18(4)20/h19H,5-15H2,1-4H3. The molecule has 0 aromatic carbocycles. The van der Waals surface area contributed by atoms with E-state index in [1.807, 2.05) is 13.8 Å². The van der Waals surface area contributed by atoms with Crippen molar-refractivity contribution in [1.29, 1.82) is 0 Å². The maximum atomic E-state index is 11.2. The molecule has 0 amide bonds. The molecular formula is C18H35NO. The van der Waals surface area contributed by atoms with Crippen molar-refractivity contribution < 1.29 is 4.79 Å². The van der Waals surface area contributed by atoms with Gasteiger partial charge in [0, 0.05) is 17.8 Å². The summed E-state index contributed by atoms with van der Waals surface area (Å²) >= 11 is 0. The minimum absolute atomic E-state index is 0.165. The molecule has 0 bridgehead atoms. The lowest BCUT2D eigenvalue weighted by molar-refractivity contribution is -0.113. The van der Waals surface area contributed by atoms with Gasteiger partial charge in [0.1, 0.15) is 0 Å². The Balaban J connectivity index is 3.33. The molecule has 0 aliphatic carbocycles. The first-order valence-corrected chi connectivity index (χ1v) is 8.51. The van der Waals surface area contributed by atoms with Gasteiger partial charge in [-0.25, -0.2) is 0 Å².